The van der Waals surface area contributed by atoms with Crippen molar-refractivity contribution >= 4 is 5.57 Å². The molecule has 0 spiro atoms. The van der Waals surface area contributed by atoms with E-state index in [9.17, 15) is 22.8 Å². The predicted octanol–water partition coefficient (Wildman–Crippen LogP) is 4.80. The Morgan fingerprint density at radius 3 is 2.48 bits per heavy atom. The minimum absolute atomic E-state index is 0.0959. The van der Waals surface area contributed by atoms with E-state index in [1.165, 1.54) is 10.9 Å². The quantitative estimate of drug-likeness (QED) is 0.576. The fourth-order valence-electron chi connectivity index (χ4n) is 4.30. The maximum Gasteiger partial charge on any atom is 0.435 e. The van der Waals surface area contributed by atoms with Crippen LogP contribution in [0.25, 0.3) is 5.57 Å². The first-order valence-electron chi connectivity index (χ1n) is 10.9. The molecule has 1 aliphatic carbocycles. The Kier molecular flexibility index (Phi) is 6.14. The highest BCUT2D eigenvalue weighted by Gasteiger charge is 2.38. The van der Waals surface area contributed by atoms with Crippen LogP contribution in [0.2, 0.25) is 0 Å². The molecule has 1 unspecified atom stereocenters. The molecule has 2 N–H and O–H groups in total. The van der Waals surface area contributed by atoms with Gasteiger partial charge in [-0.25, -0.2) is 4.79 Å². The third-order valence-electron chi connectivity index (χ3n) is 5.99. The third-order valence-corrected chi connectivity index (χ3v) is 5.99. The molecule has 4 rings (SSSR count). The monoisotopic (exact) mass is 458 g/mol. The number of halogens is 3. The molecule has 2 aromatic heterocycles. The maximum absolute atomic E-state index is 13.6. The first-order valence-corrected chi connectivity index (χ1v) is 10.9. The van der Waals surface area contributed by atoms with E-state index in [1.807, 2.05) is 30.3 Å². The highest BCUT2D eigenvalue weighted by molar-refractivity contribution is 5.68. The van der Waals surface area contributed by atoms with Crippen LogP contribution in [0.15, 0.2) is 52.2 Å². The molecule has 6 nitrogen and oxygen atoms in total. The van der Waals surface area contributed by atoms with Crippen LogP contribution in [0.1, 0.15) is 73.1 Å². The van der Waals surface area contributed by atoms with Crippen LogP contribution in [0.4, 0.5) is 13.2 Å². The molecule has 174 valence electrons. The van der Waals surface area contributed by atoms with E-state index < -0.39 is 23.1 Å². The van der Waals surface area contributed by atoms with Crippen molar-refractivity contribution in [1.29, 1.82) is 0 Å². The second-order valence-electron chi connectivity index (χ2n) is 8.63. The van der Waals surface area contributed by atoms with E-state index in [2.05, 4.69) is 15.1 Å². The van der Waals surface area contributed by atoms with Gasteiger partial charge in [-0.15, -0.1) is 0 Å². The molecule has 2 heterocycles. The first-order chi connectivity index (χ1) is 15.6. The van der Waals surface area contributed by atoms with E-state index in [-0.39, 0.29) is 17.5 Å². The SMILES string of the molecule is CC(C)n1cc(C2=CCC(c3[nH]c(=O)[nH]c(=O)c3Cc3ccccc3)CC2)c(C(F)(F)F)n1. The Morgan fingerprint density at radius 1 is 1.15 bits per heavy atom. The molecule has 1 aromatic carbocycles. The summed E-state index contributed by atoms with van der Waals surface area (Å²) >= 11 is 0. The van der Waals surface area contributed by atoms with E-state index in [4.69, 9.17) is 0 Å². The minimum atomic E-state index is -4.55. The molecule has 0 aliphatic heterocycles. The maximum atomic E-state index is 13.6. The number of allylic oxidation sites excluding steroid dienone is 2. The van der Waals surface area contributed by atoms with Gasteiger partial charge in [-0.2, -0.15) is 18.3 Å². The van der Waals surface area contributed by atoms with Crippen molar-refractivity contribution < 1.29 is 13.2 Å². The molecule has 0 fully saturated rings. The molecule has 9 heteroatoms. The summed E-state index contributed by atoms with van der Waals surface area (Å²) in [5.74, 6) is -0.169. The number of rotatable bonds is 5. The van der Waals surface area contributed by atoms with Crippen molar-refractivity contribution in [2.45, 2.75) is 57.7 Å². The van der Waals surface area contributed by atoms with Crippen molar-refractivity contribution in [1.82, 2.24) is 19.7 Å². The van der Waals surface area contributed by atoms with Crippen LogP contribution in [0.3, 0.4) is 0 Å². The molecule has 0 radical (unpaired) electrons. The van der Waals surface area contributed by atoms with E-state index in [0.29, 0.717) is 42.5 Å². The summed E-state index contributed by atoms with van der Waals surface area (Å²) in [7, 11) is 0. The van der Waals surface area contributed by atoms with Gasteiger partial charge < -0.3 is 4.98 Å². The Bertz CT molecular complexity index is 1280. The van der Waals surface area contributed by atoms with Crippen LogP contribution in [-0.2, 0) is 12.6 Å². The first kappa shape index (κ1) is 22.8. The number of nitrogens with zero attached hydrogens (tertiary/aromatic N) is 2. The lowest BCUT2D eigenvalue weighted by Gasteiger charge is -2.24. The van der Waals surface area contributed by atoms with Crippen molar-refractivity contribution in [2.24, 2.45) is 0 Å². The normalized spacial score (nSPS) is 16.8. The number of nitrogens with one attached hydrogen (secondary N) is 2. The van der Waals surface area contributed by atoms with Crippen molar-refractivity contribution in [3.8, 4) is 0 Å². The Morgan fingerprint density at radius 2 is 1.88 bits per heavy atom. The second-order valence-corrected chi connectivity index (χ2v) is 8.63. The van der Waals surface area contributed by atoms with Gasteiger partial charge in [0.05, 0.1) is 0 Å². The fourth-order valence-corrected chi connectivity index (χ4v) is 4.30. The highest BCUT2D eigenvalue weighted by Crippen LogP contribution is 2.40. The fraction of sp³-hybridized carbons (Fsp3) is 0.375. The van der Waals surface area contributed by atoms with Gasteiger partial charge >= 0.3 is 11.9 Å². The van der Waals surface area contributed by atoms with Gasteiger partial charge in [0.1, 0.15) is 0 Å². The molecular weight excluding hydrogens is 433 g/mol. The molecule has 0 amide bonds. The van der Waals surface area contributed by atoms with Crippen molar-refractivity contribution in [3.05, 3.63) is 91.5 Å². The molecule has 33 heavy (non-hydrogen) atoms. The van der Waals surface area contributed by atoms with Crippen molar-refractivity contribution in [2.75, 3.05) is 0 Å². The van der Waals surface area contributed by atoms with Crippen LogP contribution in [-0.4, -0.2) is 19.7 Å². The number of benzene rings is 1. The number of hydrogen-bond acceptors (Lipinski definition) is 3. The smallest absolute Gasteiger partial charge is 0.311 e. The van der Waals surface area contributed by atoms with Gasteiger partial charge in [0, 0.05) is 41.4 Å². The summed E-state index contributed by atoms with van der Waals surface area (Å²) < 4.78 is 42.1. The van der Waals surface area contributed by atoms with Gasteiger partial charge in [0.25, 0.3) is 5.56 Å². The summed E-state index contributed by atoms with van der Waals surface area (Å²) in [4.78, 5) is 29.7. The van der Waals surface area contributed by atoms with Crippen LogP contribution < -0.4 is 11.2 Å². The zero-order chi connectivity index (χ0) is 23.8. The van der Waals surface area contributed by atoms with E-state index in [0.717, 1.165) is 5.56 Å². The summed E-state index contributed by atoms with van der Waals surface area (Å²) in [6.07, 6.45) is 0.351. The van der Waals surface area contributed by atoms with Crippen LogP contribution in [0, 0.1) is 0 Å². The Hall–Kier alpha value is -3.36. The molecule has 0 saturated heterocycles. The molecule has 0 saturated carbocycles. The van der Waals surface area contributed by atoms with E-state index in [1.54, 1.807) is 19.9 Å². The van der Waals surface area contributed by atoms with Gasteiger partial charge in [-0.05, 0) is 44.2 Å². The van der Waals surface area contributed by atoms with Crippen LogP contribution >= 0.6 is 0 Å². The molecule has 3 aromatic rings. The standard InChI is InChI=1S/C24H25F3N4O2/c1-14(2)31-13-19(21(30-31)24(25,26)27)16-8-10-17(11-9-16)20-18(22(32)29-23(33)28-20)12-15-6-4-3-5-7-15/h3-8,13-14,17H,9-12H2,1-2H3,(H2,28,29,32,33). The number of alkyl halides is 3. The molecule has 1 aliphatic rings. The van der Waals surface area contributed by atoms with Gasteiger partial charge in [0.15, 0.2) is 5.69 Å². The molecular formula is C24H25F3N4O2. The summed E-state index contributed by atoms with van der Waals surface area (Å²) in [5, 5.41) is 3.78. The van der Waals surface area contributed by atoms with Gasteiger partial charge in [-0.3, -0.25) is 14.5 Å². The Balaban J connectivity index is 1.67. The molecule has 0 bridgehead atoms. The lowest BCUT2D eigenvalue weighted by atomic mass is 9.83. The third kappa shape index (κ3) is 4.86. The topological polar surface area (TPSA) is 83.5 Å². The second kappa shape index (κ2) is 8.88. The van der Waals surface area contributed by atoms with Gasteiger partial charge in [-0.1, -0.05) is 36.4 Å². The predicted molar refractivity (Wildman–Crippen MR) is 119 cm³/mol. The lowest BCUT2D eigenvalue weighted by molar-refractivity contribution is -0.141. The average Bonchev–Trinajstić information content (AvgIpc) is 3.23. The Labute approximate surface area is 188 Å². The number of H-pyrrole nitrogens is 2. The summed E-state index contributed by atoms with van der Waals surface area (Å²) in [6.45, 7) is 3.56. The average molecular weight is 458 g/mol. The van der Waals surface area contributed by atoms with Gasteiger partial charge in [0.2, 0.25) is 0 Å². The summed E-state index contributed by atoms with van der Waals surface area (Å²) in [5.41, 5.74) is 0.738. The van der Waals surface area contributed by atoms with E-state index >= 15 is 0 Å². The largest absolute Gasteiger partial charge is 0.435 e. The minimum Gasteiger partial charge on any atom is -0.311 e. The zero-order valence-electron chi connectivity index (χ0n) is 18.4. The number of aromatic amines is 2. The lowest BCUT2D eigenvalue weighted by Crippen LogP contribution is -2.30. The summed E-state index contributed by atoms with van der Waals surface area (Å²) in [6, 6.07) is 9.24. The number of aromatic nitrogens is 4. The molecule has 1 atom stereocenters. The number of hydrogen-bond donors (Lipinski definition) is 2. The van der Waals surface area contributed by atoms with Crippen LogP contribution in [0.5, 0.6) is 0 Å². The van der Waals surface area contributed by atoms with Crippen molar-refractivity contribution in [3.63, 3.8) is 0 Å². The highest BCUT2D eigenvalue weighted by atomic mass is 19.4. The zero-order valence-corrected chi connectivity index (χ0v) is 18.4.